The van der Waals surface area contributed by atoms with Gasteiger partial charge in [-0.05, 0) is 5.26 Å². The van der Waals surface area contributed by atoms with Crippen LogP contribution in [0.2, 0.25) is 0 Å². The van der Waals surface area contributed by atoms with Gasteiger partial charge < -0.3 is 0 Å². The van der Waals surface area contributed by atoms with Crippen LogP contribution in [0.5, 0.6) is 0 Å². The van der Waals surface area contributed by atoms with Crippen LogP contribution in [-0.2, 0) is 10.1 Å². The average Bonchev–Trinajstić information content (AvgIpc) is 1.65. The van der Waals surface area contributed by atoms with E-state index < -0.39 is 0 Å². The summed E-state index contributed by atoms with van der Waals surface area (Å²) >= 11 is 0. The summed E-state index contributed by atoms with van der Waals surface area (Å²) in [5.41, 5.74) is 0. The second-order valence-electron chi connectivity index (χ2n) is 0.898. The molecule has 0 aromatic rings. The highest BCUT2D eigenvalue weighted by Gasteiger charge is 2.00. The molecule has 0 aliphatic rings. The van der Waals surface area contributed by atoms with Gasteiger partial charge in [-0.2, -0.15) is 0 Å². The van der Waals surface area contributed by atoms with E-state index in [1.165, 1.54) is 6.08 Å². The molecule has 2 nitrogen and oxygen atoms in total. The van der Waals surface area contributed by atoms with Gasteiger partial charge in [0, 0.05) is 6.58 Å². The zero-order chi connectivity index (χ0) is 4.99. The molecule has 1 radical (unpaired) electrons. The van der Waals surface area contributed by atoms with Gasteiger partial charge in [-0.1, -0.05) is 4.89 Å². The van der Waals surface area contributed by atoms with E-state index in [1.54, 1.807) is 6.92 Å². The number of hydrogen-bond donors (Lipinski definition) is 0. The highest BCUT2D eigenvalue weighted by molar-refractivity contribution is 4.91. The summed E-state index contributed by atoms with van der Waals surface area (Å²) in [5, 5.41) is 9.25. The average molecular weight is 86.1 g/mol. The molecule has 0 unspecified atom stereocenters. The lowest BCUT2D eigenvalue weighted by Crippen LogP contribution is -1.84. The van der Waals surface area contributed by atoms with Crippen molar-refractivity contribution in [2.75, 3.05) is 0 Å². The summed E-state index contributed by atoms with van der Waals surface area (Å²) in [4.78, 5) is 3.45. The minimum Gasteiger partial charge on any atom is -0.0721 e. The first-order valence-corrected chi connectivity index (χ1v) is 1.57. The summed E-state index contributed by atoms with van der Waals surface area (Å²) in [6, 6.07) is 0. The van der Waals surface area contributed by atoms with E-state index in [0.29, 0.717) is 6.10 Å². The minimum atomic E-state index is 0.301. The lowest BCUT2D eigenvalue weighted by Gasteiger charge is -1.79. The minimum absolute atomic E-state index is 0.301. The van der Waals surface area contributed by atoms with Gasteiger partial charge in [0.1, 0.15) is 6.08 Å². The van der Waals surface area contributed by atoms with E-state index in [0.717, 1.165) is 0 Å². The first-order valence-electron chi connectivity index (χ1n) is 1.57. The van der Waals surface area contributed by atoms with Crippen LogP contribution in [0.4, 0.5) is 0 Å². The molecular weight excluding hydrogens is 80.0 g/mol. The summed E-state index contributed by atoms with van der Waals surface area (Å²) in [6.07, 6.45) is 1.66. The van der Waals surface area contributed by atoms with E-state index in [2.05, 4.69) is 11.5 Å². The summed E-state index contributed by atoms with van der Waals surface area (Å²) in [5.74, 6) is 0. The first kappa shape index (κ1) is 5.53. The van der Waals surface area contributed by atoms with Gasteiger partial charge in [0.15, 0.2) is 0 Å². The van der Waals surface area contributed by atoms with Crippen molar-refractivity contribution in [1.82, 2.24) is 0 Å². The fourth-order valence-corrected chi connectivity index (χ4v) is 0.0340. The monoisotopic (exact) mass is 86.0 g/mol. The maximum atomic E-state index is 9.25. The Kier molecular flexibility index (Phi) is 2.54. The van der Waals surface area contributed by atoms with Gasteiger partial charge in [0.2, 0.25) is 6.10 Å². The summed E-state index contributed by atoms with van der Waals surface area (Å²) < 4.78 is 0. The summed E-state index contributed by atoms with van der Waals surface area (Å²) in [7, 11) is 0. The Labute approximate surface area is 37.0 Å². The number of hydrogen-bond acceptors (Lipinski definition) is 1. The van der Waals surface area contributed by atoms with Gasteiger partial charge in [0.25, 0.3) is 0 Å². The van der Waals surface area contributed by atoms with Crippen molar-refractivity contribution in [1.29, 1.82) is 0 Å². The largest absolute Gasteiger partial charge is 0.223 e. The SMILES string of the molecule is C=C[C+](C)O[O]. The third-order valence-corrected chi connectivity index (χ3v) is 0.419. The fraction of sp³-hybridized carbons (Fsp3) is 0.250. The highest BCUT2D eigenvalue weighted by Crippen LogP contribution is 1.95. The van der Waals surface area contributed by atoms with Gasteiger partial charge in [-0.3, -0.25) is 0 Å². The molecule has 0 heterocycles. The fourth-order valence-electron chi connectivity index (χ4n) is 0.0340. The van der Waals surface area contributed by atoms with Crippen LogP contribution in [-0.4, -0.2) is 0 Å². The first-order chi connectivity index (χ1) is 2.81. The molecule has 2 heteroatoms. The predicted octanol–water partition coefficient (Wildman–Crippen LogP) is 1.09. The van der Waals surface area contributed by atoms with Crippen LogP contribution < -0.4 is 0 Å². The lowest BCUT2D eigenvalue weighted by molar-refractivity contribution is -0.287. The third-order valence-electron chi connectivity index (χ3n) is 0.419. The van der Waals surface area contributed by atoms with Gasteiger partial charge in [-0.25, -0.2) is 0 Å². The zero-order valence-corrected chi connectivity index (χ0v) is 3.60. The van der Waals surface area contributed by atoms with Crippen molar-refractivity contribution >= 4 is 0 Å². The Hall–Kier alpha value is -0.470. The molecule has 0 amide bonds. The molecule has 0 aliphatic carbocycles. The van der Waals surface area contributed by atoms with Crippen molar-refractivity contribution in [3.05, 3.63) is 18.8 Å². The predicted molar refractivity (Wildman–Crippen MR) is 20.9 cm³/mol. The lowest BCUT2D eigenvalue weighted by atomic mass is 10.4. The summed E-state index contributed by atoms with van der Waals surface area (Å²) in [6.45, 7) is 4.81. The van der Waals surface area contributed by atoms with E-state index in [1.807, 2.05) is 0 Å². The quantitative estimate of drug-likeness (QED) is 0.281. The van der Waals surface area contributed by atoms with Crippen LogP contribution in [0.15, 0.2) is 12.7 Å². The van der Waals surface area contributed by atoms with Crippen molar-refractivity contribution in [2.45, 2.75) is 6.92 Å². The maximum absolute atomic E-state index is 9.25. The molecule has 0 atom stereocenters. The molecule has 0 fully saturated rings. The third kappa shape index (κ3) is 1.81. The maximum Gasteiger partial charge on any atom is 0.223 e. The zero-order valence-electron chi connectivity index (χ0n) is 3.60. The van der Waals surface area contributed by atoms with E-state index in [-0.39, 0.29) is 0 Å². The molecule has 6 heavy (non-hydrogen) atoms. The molecule has 0 spiro atoms. The van der Waals surface area contributed by atoms with Crippen LogP contribution in [0, 0.1) is 6.10 Å². The molecule has 0 saturated heterocycles. The van der Waals surface area contributed by atoms with Gasteiger partial charge in [-0.15, -0.1) is 0 Å². The normalized spacial score (nSPS) is 7.67. The van der Waals surface area contributed by atoms with Gasteiger partial charge in [0.05, 0.1) is 6.92 Å². The Morgan fingerprint density at radius 2 is 2.50 bits per heavy atom. The topological polar surface area (TPSA) is 29.1 Å². The van der Waals surface area contributed by atoms with Crippen LogP contribution in [0.25, 0.3) is 0 Å². The molecule has 0 aliphatic heterocycles. The second kappa shape index (κ2) is 2.75. The second-order valence-corrected chi connectivity index (χ2v) is 0.898. The molecule has 0 saturated carbocycles. The number of rotatable bonds is 2. The molecular formula is C4H6O2+. The van der Waals surface area contributed by atoms with Crippen molar-refractivity contribution in [3.63, 3.8) is 0 Å². The molecule has 33 valence electrons. The molecule has 0 aromatic carbocycles. The standard InChI is InChI=1S/C4H6O2/c1-3-4(2)6-5/h3H,1H2,2H3/q+1. The molecule has 0 rings (SSSR count). The van der Waals surface area contributed by atoms with Crippen LogP contribution in [0.1, 0.15) is 6.92 Å². The van der Waals surface area contributed by atoms with E-state index in [4.69, 9.17) is 0 Å². The van der Waals surface area contributed by atoms with Crippen molar-refractivity contribution < 1.29 is 10.1 Å². The van der Waals surface area contributed by atoms with Gasteiger partial charge >= 0.3 is 0 Å². The molecule has 0 N–H and O–H groups in total. The Morgan fingerprint density at radius 1 is 2.00 bits per heavy atom. The van der Waals surface area contributed by atoms with Crippen molar-refractivity contribution in [2.24, 2.45) is 0 Å². The highest BCUT2D eigenvalue weighted by atomic mass is 17.1. The van der Waals surface area contributed by atoms with E-state index >= 15 is 0 Å². The molecule has 0 bridgehead atoms. The van der Waals surface area contributed by atoms with E-state index in [9.17, 15) is 5.26 Å². The van der Waals surface area contributed by atoms with Crippen molar-refractivity contribution in [3.8, 4) is 0 Å². The Balaban J connectivity index is 2.96. The smallest absolute Gasteiger partial charge is 0.0721 e. The molecule has 0 aromatic heterocycles. The van der Waals surface area contributed by atoms with Crippen LogP contribution in [0.3, 0.4) is 0 Å². The Bertz CT molecular complexity index is 42.8. The van der Waals surface area contributed by atoms with Crippen LogP contribution >= 0.6 is 0 Å². The Morgan fingerprint density at radius 3 is 2.50 bits per heavy atom.